The van der Waals surface area contributed by atoms with Crippen LogP contribution in [0.4, 0.5) is 4.79 Å². The van der Waals surface area contributed by atoms with Crippen LogP contribution >= 0.6 is 0 Å². The lowest BCUT2D eigenvalue weighted by molar-refractivity contribution is 0.0729. The van der Waals surface area contributed by atoms with Crippen LogP contribution in [0.15, 0.2) is 0 Å². The Labute approximate surface area is 97.1 Å². The Balaban J connectivity index is 3.89. The fourth-order valence-electron chi connectivity index (χ4n) is 0.873. The summed E-state index contributed by atoms with van der Waals surface area (Å²) >= 11 is 0. The average molecular weight is 270 g/mol. The molecule has 0 radical (unpaired) electrons. The number of hydrogen-bond donors (Lipinski definition) is 0. The molecule has 6 nitrogen and oxygen atoms in total. The number of rotatable bonds is 6. The van der Waals surface area contributed by atoms with Crippen LogP contribution in [0.2, 0.25) is 19.6 Å². The molecule has 0 spiro atoms. The van der Waals surface area contributed by atoms with Crippen molar-refractivity contribution in [2.75, 3.05) is 19.5 Å². The molecule has 0 aromatic heterocycles. The Hall–Kier alpha value is -0.603. The first kappa shape index (κ1) is 15.4. The monoisotopic (exact) mass is 270 g/mol. The minimum absolute atomic E-state index is 0.000954. The first-order valence-electron chi connectivity index (χ1n) is 4.80. The van der Waals surface area contributed by atoms with E-state index in [0.717, 1.165) is 0 Å². The standard InChI is InChI=1S/C8H18O6SSi/c1-12-8(9)13-6-5-7-15(10,11)14-16(2,3)4/h5-7H2,1-4H3. The molecule has 16 heavy (non-hydrogen) atoms. The molecule has 0 aliphatic heterocycles. The summed E-state index contributed by atoms with van der Waals surface area (Å²) < 4.78 is 36.6. The lowest BCUT2D eigenvalue weighted by Crippen LogP contribution is -2.30. The van der Waals surface area contributed by atoms with Crippen molar-refractivity contribution in [1.82, 2.24) is 0 Å². The quantitative estimate of drug-likeness (QED) is 0.412. The summed E-state index contributed by atoms with van der Waals surface area (Å²) in [6, 6.07) is 0. The SMILES string of the molecule is COC(=O)OCCCS(=O)(=O)O[Si](C)(C)C. The number of carbonyl (C=O) groups is 1. The van der Waals surface area contributed by atoms with Crippen LogP contribution < -0.4 is 0 Å². The van der Waals surface area contributed by atoms with Gasteiger partial charge in [0.2, 0.25) is 8.32 Å². The van der Waals surface area contributed by atoms with Gasteiger partial charge in [-0.1, -0.05) is 0 Å². The molecule has 8 heteroatoms. The van der Waals surface area contributed by atoms with Crippen LogP contribution in [0.25, 0.3) is 0 Å². The van der Waals surface area contributed by atoms with Crippen LogP contribution in [0.1, 0.15) is 6.42 Å². The number of ether oxygens (including phenoxy) is 2. The summed E-state index contributed by atoms with van der Waals surface area (Å²) in [6.07, 6.45) is -0.620. The first-order chi connectivity index (χ1) is 7.16. The molecule has 0 aliphatic rings. The van der Waals surface area contributed by atoms with Gasteiger partial charge in [-0.2, -0.15) is 0 Å². The summed E-state index contributed by atoms with van der Waals surface area (Å²) in [4.78, 5) is 10.5. The minimum Gasteiger partial charge on any atom is -0.438 e. The summed E-state index contributed by atoms with van der Waals surface area (Å²) in [5.74, 6) is -0.158. The molecule has 0 bridgehead atoms. The van der Waals surface area contributed by atoms with E-state index in [1.54, 1.807) is 19.6 Å². The maximum Gasteiger partial charge on any atom is 0.507 e. The Morgan fingerprint density at radius 3 is 2.25 bits per heavy atom. The van der Waals surface area contributed by atoms with Gasteiger partial charge in [0.05, 0.1) is 19.5 Å². The zero-order valence-electron chi connectivity index (χ0n) is 9.98. The van der Waals surface area contributed by atoms with Crippen molar-refractivity contribution in [3.8, 4) is 0 Å². The third-order valence-corrected chi connectivity index (χ3v) is 5.11. The number of hydrogen-bond acceptors (Lipinski definition) is 6. The van der Waals surface area contributed by atoms with Crippen molar-refractivity contribution in [2.45, 2.75) is 26.1 Å². The van der Waals surface area contributed by atoms with Crippen molar-refractivity contribution in [3.05, 3.63) is 0 Å². The summed E-state index contributed by atoms with van der Waals surface area (Å²) in [7, 11) is -4.43. The molecular formula is C8H18O6SSi. The molecule has 0 saturated carbocycles. The predicted molar refractivity (Wildman–Crippen MR) is 61.2 cm³/mol. The Bertz CT molecular complexity index is 318. The highest BCUT2D eigenvalue weighted by Gasteiger charge is 2.23. The minimum atomic E-state index is -3.51. The maximum absolute atomic E-state index is 11.4. The zero-order valence-corrected chi connectivity index (χ0v) is 11.8. The molecule has 0 N–H and O–H groups in total. The predicted octanol–water partition coefficient (Wildman–Crippen LogP) is 1.34. The molecule has 0 saturated heterocycles. The van der Waals surface area contributed by atoms with Crippen molar-refractivity contribution in [3.63, 3.8) is 0 Å². The van der Waals surface area contributed by atoms with Crippen LogP contribution in [-0.2, 0) is 23.5 Å². The number of carbonyl (C=O) groups excluding carboxylic acids is 1. The fraction of sp³-hybridized carbons (Fsp3) is 0.875. The highest BCUT2D eigenvalue weighted by molar-refractivity contribution is 7.87. The summed E-state index contributed by atoms with van der Waals surface area (Å²) in [6.45, 7) is 5.36. The van der Waals surface area contributed by atoms with Gasteiger partial charge in [0.25, 0.3) is 10.1 Å². The van der Waals surface area contributed by atoms with Crippen LogP contribution in [-0.4, -0.2) is 42.4 Å². The molecular weight excluding hydrogens is 252 g/mol. The Morgan fingerprint density at radius 1 is 1.25 bits per heavy atom. The fourth-order valence-corrected chi connectivity index (χ4v) is 4.72. The highest BCUT2D eigenvalue weighted by Crippen LogP contribution is 2.09. The van der Waals surface area contributed by atoms with E-state index < -0.39 is 24.6 Å². The second-order valence-corrected chi connectivity index (χ2v) is 10.5. The van der Waals surface area contributed by atoms with Gasteiger partial charge in [-0.3, -0.25) is 0 Å². The molecule has 0 fully saturated rings. The van der Waals surface area contributed by atoms with Gasteiger partial charge in [0.15, 0.2) is 0 Å². The third-order valence-electron chi connectivity index (χ3n) is 1.30. The van der Waals surface area contributed by atoms with Crippen LogP contribution in [0.3, 0.4) is 0 Å². The van der Waals surface area contributed by atoms with Gasteiger partial charge in [0, 0.05) is 0 Å². The molecule has 0 amide bonds. The molecule has 0 aromatic rings. The first-order valence-corrected chi connectivity index (χ1v) is 9.79. The van der Waals surface area contributed by atoms with E-state index in [1.807, 2.05) is 0 Å². The Morgan fingerprint density at radius 2 is 1.81 bits per heavy atom. The number of methoxy groups -OCH3 is 1. The van der Waals surface area contributed by atoms with Gasteiger partial charge in [-0.25, -0.2) is 13.2 Å². The molecule has 96 valence electrons. The topological polar surface area (TPSA) is 78.9 Å². The maximum atomic E-state index is 11.4. The van der Waals surface area contributed by atoms with E-state index in [0.29, 0.717) is 0 Å². The third kappa shape index (κ3) is 8.68. The summed E-state index contributed by atoms with van der Waals surface area (Å²) in [5, 5.41) is 0. The molecule has 0 atom stereocenters. The van der Waals surface area contributed by atoms with E-state index in [2.05, 4.69) is 9.47 Å². The average Bonchev–Trinajstić information content (AvgIpc) is 2.08. The normalized spacial score (nSPS) is 12.2. The van der Waals surface area contributed by atoms with Crippen LogP contribution in [0.5, 0.6) is 0 Å². The van der Waals surface area contributed by atoms with Gasteiger partial charge in [0.1, 0.15) is 0 Å². The van der Waals surface area contributed by atoms with E-state index in [-0.39, 0.29) is 18.8 Å². The lowest BCUT2D eigenvalue weighted by atomic mass is 10.5. The molecule has 0 aromatic carbocycles. The Kier molecular flexibility index (Phi) is 5.98. The molecule has 0 unspecified atom stereocenters. The summed E-state index contributed by atoms with van der Waals surface area (Å²) in [5.41, 5.74) is 0. The largest absolute Gasteiger partial charge is 0.507 e. The molecule has 0 heterocycles. The van der Waals surface area contributed by atoms with E-state index in [4.69, 9.17) is 3.87 Å². The zero-order chi connectivity index (χ0) is 12.8. The van der Waals surface area contributed by atoms with E-state index in [9.17, 15) is 13.2 Å². The van der Waals surface area contributed by atoms with Crippen molar-refractivity contribution in [1.29, 1.82) is 0 Å². The van der Waals surface area contributed by atoms with Crippen molar-refractivity contribution < 1.29 is 26.6 Å². The highest BCUT2D eigenvalue weighted by atomic mass is 32.2. The van der Waals surface area contributed by atoms with Crippen LogP contribution in [0, 0.1) is 0 Å². The van der Waals surface area contributed by atoms with Gasteiger partial charge < -0.3 is 13.3 Å². The molecule has 0 rings (SSSR count). The second-order valence-electron chi connectivity index (χ2n) is 4.11. The lowest BCUT2D eigenvalue weighted by Gasteiger charge is -2.16. The molecule has 0 aliphatic carbocycles. The van der Waals surface area contributed by atoms with Gasteiger partial charge in [-0.15, -0.1) is 0 Å². The second kappa shape index (κ2) is 6.21. The van der Waals surface area contributed by atoms with Crippen molar-refractivity contribution >= 4 is 24.6 Å². The van der Waals surface area contributed by atoms with E-state index >= 15 is 0 Å². The van der Waals surface area contributed by atoms with Gasteiger partial charge >= 0.3 is 6.16 Å². The van der Waals surface area contributed by atoms with E-state index in [1.165, 1.54) is 7.11 Å². The van der Waals surface area contributed by atoms with Gasteiger partial charge in [-0.05, 0) is 26.1 Å². The van der Waals surface area contributed by atoms with Crippen molar-refractivity contribution in [2.24, 2.45) is 0 Å². The smallest absolute Gasteiger partial charge is 0.438 e.